The molecular formula is C14H23ClO4Si2. The highest BCUT2D eigenvalue weighted by atomic mass is 35.5. The van der Waals surface area contributed by atoms with E-state index >= 15 is 0 Å². The summed E-state index contributed by atoms with van der Waals surface area (Å²) in [6.45, 7) is 12.0. The van der Waals surface area contributed by atoms with Crippen LogP contribution in [0.5, 0.6) is 11.5 Å². The van der Waals surface area contributed by atoms with E-state index in [2.05, 4.69) is 19.6 Å². The van der Waals surface area contributed by atoms with Gasteiger partial charge in [-0.2, -0.15) is 0 Å². The number of methoxy groups -OCH3 is 1. The van der Waals surface area contributed by atoms with Gasteiger partial charge in [-0.1, -0.05) is 11.6 Å². The van der Waals surface area contributed by atoms with Crippen molar-refractivity contribution in [2.75, 3.05) is 7.11 Å². The molecule has 0 bridgehead atoms. The SMILES string of the molecule is COc1cc(C(=O)O[Si](C)(C)C)cc(Cl)c1O[Si](C)(C)C. The predicted molar refractivity (Wildman–Crippen MR) is 90.7 cm³/mol. The summed E-state index contributed by atoms with van der Waals surface area (Å²) in [7, 11) is -2.27. The molecule has 0 radical (unpaired) electrons. The Morgan fingerprint density at radius 3 is 2.05 bits per heavy atom. The summed E-state index contributed by atoms with van der Waals surface area (Å²) in [4.78, 5) is 12.1. The van der Waals surface area contributed by atoms with E-state index in [9.17, 15) is 4.79 Å². The molecule has 0 spiro atoms. The van der Waals surface area contributed by atoms with Crippen LogP contribution in [0, 0.1) is 0 Å². The maximum atomic E-state index is 12.1. The number of benzene rings is 1. The first kappa shape index (κ1) is 18.1. The first-order valence-corrected chi connectivity index (χ1v) is 13.9. The number of carbonyl (C=O) groups is 1. The summed E-state index contributed by atoms with van der Waals surface area (Å²) < 4.78 is 16.7. The van der Waals surface area contributed by atoms with E-state index in [1.54, 1.807) is 12.1 Å². The van der Waals surface area contributed by atoms with Crippen LogP contribution in [-0.4, -0.2) is 29.7 Å². The van der Waals surface area contributed by atoms with Crippen molar-refractivity contribution in [3.05, 3.63) is 22.7 Å². The summed E-state index contributed by atoms with van der Waals surface area (Å²) in [6, 6.07) is 3.19. The molecule has 0 N–H and O–H groups in total. The molecule has 0 aliphatic carbocycles. The van der Waals surface area contributed by atoms with Crippen LogP contribution in [0.4, 0.5) is 0 Å². The van der Waals surface area contributed by atoms with Crippen LogP contribution in [0.3, 0.4) is 0 Å². The number of ether oxygens (including phenoxy) is 1. The third kappa shape index (κ3) is 5.72. The second-order valence-electron chi connectivity index (χ2n) is 6.71. The van der Waals surface area contributed by atoms with Gasteiger partial charge in [-0.25, -0.2) is 4.79 Å². The van der Waals surface area contributed by atoms with E-state index in [0.717, 1.165) is 0 Å². The van der Waals surface area contributed by atoms with Crippen molar-refractivity contribution in [1.82, 2.24) is 0 Å². The number of rotatable bonds is 5. The lowest BCUT2D eigenvalue weighted by molar-refractivity contribution is 0.0724. The fourth-order valence-corrected chi connectivity index (χ4v) is 3.39. The Labute approximate surface area is 133 Å². The molecule has 1 aromatic carbocycles. The highest BCUT2D eigenvalue weighted by molar-refractivity contribution is 6.71. The predicted octanol–water partition coefficient (Wildman–Crippen LogP) is 4.55. The molecular weight excluding hydrogens is 324 g/mol. The number of carbonyl (C=O) groups excluding carboxylic acids is 1. The molecule has 21 heavy (non-hydrogen) atoms. The molecule has 0 fully saturated rings. The Morgan fingerprint density at radius 1 is 1.05 bits per heavy atom. The molecule has 0 unspecified atom stereocenters. The van der Waals surface area contributed by atoms with Gasteiger partial charge in [0.2, 0.25) is 16.6 Å². The third-order valence-corrected chi connectivity index (χ3v) is 4.17. The average molecular weight is 347 g/mol. The normalized spacial score (nSPS) is 12.0. The molecule has 0 atom stereocenters. The summed E-state index contributed by atoms with van der Waals surface area (Å²) in [5, 5.41) is 0.360. The molecule has 1 aromatic rings. The Morgan fingerprint density at radius 2 is 1.62 bits per heavy atom. The van der Waals surface area contributed by atoms with Crippen molar-refractivity contribution in [1.29, 1.82) is 0 Å². The Bertz CT molecular complexity index is 533. The topological polar surface area (TPSA) is 44.8 Å². The summed E-state index contributed by atoms with van der Waals surface area (Å²) in [5.41, 5.74) is 0.377. The highest BCUT2D eigenvalue weighted by Crippen LogP contribution is 2.38. The van der Waals surface area contributed by atoms with Gasteiger partial charge in [-0.3, -0.25) is 0 Å². The number of hydrogen-bond donors (Lipinski definition) is 0. The molecule has 7 heteroatoms. The van der Waals surface area contributed by atoms with Crippen LogP contribution in [0.25, 0.3) is 0 Å². The molecule has 0 amide bonds. The minimum atomic E-state index is -1.96. The van der Waals surface area contributed by atoms with Crippen LogP contribution < -0.4 is 9.16 Å². The number of hydrogen-bond acceptors (Lipinski definition) is 4. The first-order chi connectivity index (χ1) is 9.43. The first-order valence-electron chi connectivity index (χ1n) is 6.73. The molecule has 1 rings (SSSR count). The van der Waals surface area contributed by atoms with Gasteiger partial charge < -0.3 is 13.6 Å². The molecule has 0 saturated heterocycles. The minimum Gasteiger partial charge on any atom is -0.541 e. The average Bonchev–Trinajstić information content (AvgIpc) is 2.27. The van der Waals surface area contributed by atoms with Crippen molar-refractivity contribution < 1.29 is 18.4 Å². The summed E-state index contributed by atoms with van der Waals surface area (Å²) in [6.07, 6.45) is 0. The quantitative estimate of drug-likeness (QED) is 0.733. The van der Waals surface area contributed by atoms with Gasteiger partial charge in [0.25, 0.3) is 0 Å². The van der Waals surface area contributed by atoms with Crippen LogP contribution in [0.1, 0.15) is 10.4 Å². The van der Waals surface area contributed by atoms with E-state index in [4.69, 9.17) is 25.2 Å². The number of halogens is 1. The van der Waals surface area contributed by atoms with Crippen molar-refractivity contribution in [3.63, 3.8) is 0 Å². The highest BCUT2D eigenvalue weighted by Gasteiger charge is 2.25. The molecule has 0 aliphatic rings. The van der Waals surface area contributed by atoms with Gasteiger partial charge in [-0.15, -0.1) is 0 Å². The molecule has 118 valence electrons. The lowest BCUT2D eigenvalue weighted by Crippen LogP contribution is -2.30. The molecule has 4 nitrogen and oxygen atoms in total. The molecule has 0 heterocycles. The smallest absolute Gasteiger partial charge is 0.324 e. The molecule has 0 aromatic heterocycles. The summed E-state index contributed by atoms with van der Waals surface area (Å²) in [5.74, 6) is 0.559. The van der Waals surface area contributed by atoms with Crippen LogP contribution in [-0.2, 0) is 4.43 Å². The molecule has 0 aliphatic heterocycles. The van der Waals surface area contributed by atoms with Crippen molar-refractivity contribution >= 4 is 34.2 Å². The lowest BCUT2D eigenvalue weighted by Gasteiger charge is -2.23. The van der Waals surface area contributed by atoms with Crippen molar-refractivity contribution in [2.45, 2.75) is 39.3 Å². The fourth-order valence-electron chi connectivity index (χ4n) is 1.58. The standard InChI is InChI=1S/C14H23ClO4Si2/c1-17-12-9-10(14(16)19-21(5,6)7)8-11(15)13(12)18-20(2,3)4/h8-9H,1-7H3. The van der Waals surface area contributed by atoms with Gasteiger partial charge in [-0.05, 0) is 51.4 Å². The van der Waals surface area contributed by atoms with E-state index in [-0.39, 0.29) is 5.97 Å². The van der Waals surface area contributed by atoms with E-state index in [1.165, 1.54) is 7.11 Å². The van der Waals surface area contributed by atoms with E-state index < -0.39 is 16.6 Å². The largest absolute Gasteiger partial charge is 0.541 e. The minimum absolute atomic E-state index is 0.360. The van der Waals surface area contributed by atoms with Gasteiger partial charge in [0, 0.05) is 0 Å². The van der Waals surface area contributed by atoms with Gasteiger partial charge >= 0.3 is 5.97 Å². The van der Waals surface area contributed by atoms with E-state index in [1.807, 2.05) is 19.6 Å². The van der Waals surface area contributed by atoms with Crippen LogP contribution >= 0.6 is 11.6 Å². The third-order valence-electron chi connectivity index (χ3n) is 2.27. The van der Waals surface area contributed by atoms with Gasteiger partial charge in [0.05, 0.1) is 17.7 Å². The Balaban J connectivity index is 3.18. The second-order valence-corrected chi connectivity index (χ2v) is 16.0. The van der Waals surface area contributed by atoms with Crippen molar-refractivity contribution in [3.8, 4) is 11.5 Å². The van der Waals surface area contributed by atoms with Gasteiger partial charge in [0.1, 0.15) is 0 Å². The Hall–Kier alpha value is -0.986. The van der Waals surface area contributed by atoms with Crippen LogP contribution in [0.15, 0.2) is 12.1 Å². The van der Waals surface area contributed by atoms with Gasteiger partial charge in [0.15, 0.2) is 11.5 Å². The zero-order valence-electron chi connectivity index (χ0n) is 13.7. The fraction of sp³-hybridized carbons (Fsp3) is 0.500. The van der Waals surface area contributed by atoms with Crippen molar-refractivity contribution in [2.24, 2.45) is 0 Å². The Kier molecular flexibility index (Phi) is 5.52. The maximum absolute atomic E-state index is 12.1. The second kappa shape index (κ2) is 6.41. The zero-order valence-corrected chi connectivity index (χ0v) is 16.4. The van der Waals surface area contributed by atoms with Crippen LogP contribution in [0.2, 0.25) is 44.3 Å². The lowest BCUT2D eigenvalue weighted by atomic mass is 10.2. The monoisotopic (exact) mass is 346 g/mol. The summed E-state index contributed by atoms with van der Waals surface area (Å²) >= 11 is 6.26. The maximum Gasteiger partial charge on any atom is 0.324 e. The zero-order chi connectivity index (χ0) is 16.4. The van der Waals surface area contributed by atoms with E-state index in [0.29, 0.717) is 22.1 Å². The molecule has 0 saturated carbocycles.